The Balaban J connectivity index is -0.000000146. The SMILES string of the molecule is C.CC.CC1CCCCC1.CCC. The molecule has 0 heterocycles. The molecule has 1 rings (SSSR count). The van der Waals surface area contributed by atoms with Crippen molar-refractivity contribution in [2.24, 2.45) is 5.92 Å². The summed E-state index contributed by atoms with van der Waals surface area (Å²) >= 11 is 0. The van der Waals surface area contributed by atoms with E-state index in [9.17, 15) is 0 Å². The standard InChI is InChI=1S/C7H14.C3H8.C2H6.CH4/c1-7-5-3-2-4-6-7;1-3-2;1-2;/h7H,2-6H2,1H3;3H2,1-2H3;1-2H3;1H4. The zero-order valence-electron chi connectivity index (χ0n) is 9.82. The van der Waals surface area contributed by atoms with Gasteiger partial charge in [0.15, 0.2) is 0 Å². The third-order valence-electron chi connectivity index (χ3n) is 1.89. The molecule has 0 radical (unpaired) electrons. The second-order valence-electron chi connectivity index (χ2n) is 3.45. The molecular formula is C13H32. The zero-order valence-corrected chi connectivity index (χ0v) is 9.82. The van der Waals surface area contributed by atoms with Crippen LogP contribution >= 0.6 is 0 Å². The highest BCUT2D eigenvalue weighted by atomic mass is 14.1. The van der Waals surface area contributed by atoms with Crippen LogP contribution in [0.15, 0.2) is 0 Å². The summed E-state index contributed by atoms with van der Waals surface area (Å²) < 4.78 is 0. The quantitative estimate of drug-likeness (QED) is 0.460. The van der Waals surface area contributed by atoms with E-state index in [1.807, 2.05) is 13.8 Å². The van der Waals surface area contributed by atoms with E-state index in [1.165, 1.54) is 38.5 Å². The Morgan fingerprint density at radius 2 is 1.23 bits per heavy atom. The normalized spacial score (nSPS) is 15.5. The van der Waals surface area contributed by atoms with Crippen molar-refractivity contribution in [1.82, 2.24) is 0 Å². The molecule has 0 nitrogen and oxygen atoms in total. The van der Waals surface area contributed by atoms with Crippen molar-refractivity contribution in [2.45, 2.75) is 80.6 Å². The Morgan fingerprint density at radius 3 is 1.38 bits per heavy atom. The lowest BCUT2D eigenvalue weighted by atomic mass is 9.91. The van der Waals surface area contributed by atoms with Gasteiger partial charge in [0, 0.05) is 0 Å². The molecule has 0 unspecified atom stereocenters. The smallest absolute Gasteiger partial charge is 0.0443 e. The summed E-state index contributed by atoms with van der Waals surface area (Å²) in [5.41, 5.74) is 0. The number of hydrogen-bond donors (Lipinski definition) is 0. The lowest BCUT2D eigenvalue weighted by Crippen LogP contribution is -1.99. The first-order chi connectivity index (χ1) is 5.81. The van der Waals surface area contributed by atoms with E-state index in [4.69, 9.17) is 0 Å². The summed E-state index contributed by atoms with van der Waals surface area (Å²) in [5.74, 6) is 1.04. The van der Waals surface area contributed by atoms with Gasteiger partial charge in [-0.15, -0.1) is 0 Å². The van der Waals surface area contributed by atoms with Crippen molar-refractivity contribution in [1.29, 1.82) is 0 Å². The summed E-state index contributed by atoms with van der Waals surface area (Å²) in [6, 6.07) is 0. The highest BCUT2D eigenvalue weighted by Crippen LogP contribution is 2.21. The summed E-state index contributed by atoms with van der Waals surface area (Å²) in [7, 11) is 0. The van der Waals surface area contributed by atoms with Gasteiger partial charge in [0.25, 0.3) is 0 Å². The Morgan fingerprint density at radius 1 is 0.923 bits per heavy atom. The molecule has 84 valence electrons. The van der Waals surface area contributed by atoms with Crippen LogP contribution in [0, 0.1) is 5.92 Å². The summed E-state index contributed by atoms with van der Waals surface area (Å²) in [4.78, 5) is 0. The van der Waals surface area contributed by atoms with Gasteiger partial charge in [-0.05, 0) is 5.92 Å². The summed E-state index contributed by atoms with van der Waals surface area (Å²) in [6.45, 7) is 10.6. The Labute approximate surface area is 87.1 Å². The minimum absolute atomic E-state index is 0. The van der Waals surface area contributed by atoms with Crippen LogP contribution < -0.4 is 0 Å². The number of hydrogen-bond acceptors (Lipinski definition) is 0. The minimum Gasteiger partial charge on any atom is -0.0776 e. The first-order valence-corrected chi connectivity index (χ1v) is 5.81. The molecule has 0 N–H and O–H groups in total. The lowest BCUT2D eigenvalue weighted by molar-refractivity contribution is 0.385. The van der Waals surface area contributed by atoms with E-state index in [2.05, 4.69) is 20.8 Å². The van der Waals surface area contributed by atoms with Gasteiger partial charge in [-0.1, -0.05) is 80.6 Å². The fraction of sp³-hybridized carbons (Fsp3) is 1.00. The zero-order chi connectivity index (χ0) is 9.82. The molecular weight excluding hydrogens is 156 g/mol. The van der Waals surface area contributed by atoms with Gasteiger partial charge in [0.1, 0.15) is 0 Å². The monoisotopic (exact) mass is 188 g/mol. The van der Waals surface area contributed by atoms with E-state index in [-0.39, 0.29) is 7.43 Å². The molecule has 1 saturated carbocycles. The third kappa shape index (κ3) is 18.8. The molecule has 0 aromatic heterocycles. The van der Waals surface area contributed by atoms with Gasteiger partial charge in [-0.25, -0.2) is 0 Å². The lowest BCUT2D eigenvalue weighted by Gasteiger charge is -2.15. The topological polar surface area (TPSA) is 0 Å². The highest BCUT2D eigenvalue weighted by Gasteiger charge is 2.05. The Bertz CT molecular complexity index is 51.1. The average molecular weight is 188 g/mol. The first kappa shape index (κ1) is 18.7. The van der Waals surface area contributed by atoms with Crippen LogP contribution in [0.4, 0.5) is 0 Å². The van der Waals surface area contributed by atoms with Crippen LogP contribution in [-0.2, 0) is 0 Å². The Hall–Kier alpha value is 0. The van der Waals surface area contributed by atoms with Crippen molar-refractivity contribution in [3.63, 3.8) is 0 Å². The maximum Gasteiger partial charge on any atom is -0.0443 e. The van der Waals surface area contributed by atoms with Crippen LogP contribution in [0.5, 0.6) is 0 Å². The highest BCUT2D eigenvalue weighted by molar-refractivity contribution is 4.59. The molecule has 1 aliphatic carbocycles. The van der Waals surface area contributed by atoms with Gasteiger partial charge in [-0.2, -0.15) is 0 Å². The van der Waals surface area contributed by atoms with Crippen molar-refractivity contribution >= 4 is 0 Å². The van der Waals surface area contributed by atoms with Crippen LogP contribution in [0.2, 0.25) is 0 Å². The van der Waals surface area contributed by atoms with Crippen LogP contribution in [0.3, 0.4) is 0 Å². The minimum atomic E-state index is 0. The van der Waals surface area contributed by atoms with Gasteiger partial charge in [-0.3, -0.25) is 0 Å². The first-order valence-electron chi connectivity index (χ1n) is 5.81. The van der Waals surface area contributed by atoms with Gasteiger partial charge in [0.2, 0.25) is 0 Å². The van der Waals surface area contributed by atoms with Crippen molar-refractivity contribution in [3.05, 3.63) is 0 Å². The molecule has 0 saturated heterocycles. The fourth-order valence-corrected chi connectivity index (χ4v) is 1.31. The molecule has 0 amide bonds. The largest absolute Gasteiger partial charge is 0.0776 e. The second-order valence-corrected chi connectivity index (χ2v) is 3.45. The summed E-state index contributed by atoms with van der Waals surface area (Å²) in [5, 5.41) is 0. The molecule has 13 heavy (non-hydrogen) atoms. The fourth-order valence-electron chi connectivity index (χ4n) is 1.31. The molecule has 0 aliphatic heterocycles. The van der Waals surface area contributed by atoms with Gasteiger partial charge < -0.3 is 0 Å². The molecule has 0 aromatic rings. The van der Waals surface area contributed by atoms with E-state index in [0.717, 1.165) is 5.92 Å². The van der Waals surface area contributed by atoms with Crippen LogP contribution in [0.25, 0.3) is 0 Å². The van der Waals surface area contributed by atoms with Gasteiger partial charge in [0.05, 0.1) is 0 Å². The van der Waals surface area contributed by atoms with E-state index in [1.54, 1.807) is 0 Å². The third-order valence-corrected chi connectivity index (χ3v) is 1.89. The Kier molecular flexibility index (Phi) is 25.8. The maximum atomic E-state index is 2.36. The van der Waals surface area contributed by atoms with Crippen molar-refractivity contribution < 1.29 is 0 Å². The van der Waals surface area contributed by atoms with Crippen LogP contribution in [0.1, 0.15) is 80.6 Å². The van der Waals surface area contributed by atoms with Crippen molar-refractivity contribution in [2.75, 3.05) is 0 Å². The average Bonchev–Trinajstić information content (AvgIpc) is 2.11. The molecule has 1 fully saturated rings. The molecule has 0 spiro atoms. The van der Waals surface area contributed by atoms with E-state index < -0.39 is 0 Å². The summed E-state index contributed by atoms with van der Waals surface area (Å²) in [6.07, 6.45) is 8.69. The second kappa shape index (κ2) is 17.9. The predicted octanol–water partition coefficient (Wildman–Crippen LogP) is 5.67. The molecule has 0 heteroatoms. The predicted molar refractivity (Wildman–Crippen MR) is 66.3 cm³/mol. The molecule has 0 aromatic carbocycles. The number of rotatable bonds is 0. The van der Waals surface area contributed by atoms with E-state index >= 15 is 0 Å². The van der Waals surface area contributed by atoms with Gasteiger partial charge >= 0.3 is 0 Å². The molecule has 0 bridgehead atoms. The van der Waals surface area contributed by atoms with E-state index in [0.29, 0.717) is 0 Å². The molecule has 1 aliphatic rings. The van der Waals surface area contributed by atoms with Crippen LogP contribution in [-0.4, -0.2) is 0 Å². The molecule has 0 atom stereocenters. The van der Waals surface area contributed by atoms with Crippen molar-refractivity contribution in [3.8, 4) is 0 Å². The maximum absolute atomic E-state index is 2.36.